The van der Waals surface area contributed by atoms with E-state index >= 15 is 0 Å². The molecular formula is C18H23NO. The third kappa shape index (κ3) is 4.02. The maximum atomic E-state index is 5.89. The molecule has 0 amide bonds. The van der Waals surface area contributed by atoms with Crippen molar-refractivity contribution in [1.82, 2.24) is 0 Å². The summed E-state index contributed by atoms with van der Waals surface area (Å²) in [6.45, 7) is 9.18. The van der Waals surface area contributed by atoms with Gasteiger partial charge in [-0.1, -0.05) is 35.4 Å². The molecular weight excluding hydrogens is 246 g/mol. The molecule has 0 heterocycles. The summed E-state index contributed by atoms with van der Waals surface area (Å²) in [5, 5.41) is 3.45. The van der Waals surface area contributed by atoms with Gasteiger partial charge in [-0.15, -0.1) is 0 Å². The largest absolute Gasteiger partial charge is 0.489 e. The lowest BCUT2D eigenvalue weighted by Gasteiger charge is -2.17. The van der Waals surface area contributed by atoms with Crippen molar-refractivity contribution in [3.8, 4) is 5.75 Å². The van der Waals surface area contributed by atoms with Crippen molar-refractivity contribution in [3.05, 3.63) is 59.2 Å². The van der Waals surface area contributed by atoms with Crippen molar-refractivity contribution >= 4 is 5.69 Å². The van der Waals surface area contributed by atoms with E-state index in [0.717, 1.165) is 12.3 Å². The first kappa shape index (κ1) is 14.4. The number of aryl methyl sites for hydroxylation is 3. The monoisotopic (exact) mass is 269 g/mol. The van der Waals surface area contributed by atoms with Crippen LogP contribution < -0.4 is 10.1 Å². The zero-order valence-electron chi connectivity index (χ0n) is 12.7. The summed E-state index contributed by atoms with van der Waals surface area (Å²) >= 11 is 0. The van der Waals surface area contributed by atoms with Crippen molar-refractivity contribution in [2.45, 2.75) is 33.8 Å². The van der Waals surface area contributed by atoms with Gasteiger partial charge in [-0.2, -0.15) is 0 Å². The standard InChI is InChI=1S/C18H23NO/c1-13-5-8-17(9-6-13)20-16(4)12-19-18-10-7-14(2)11-15(18)3/h5-11,16,19H,12H2,1-4H3. The third-order valence-electron chi connectivity index (χ3n) is 3.32. The van der Waals surface area contributed by atoms with E-state index in [1.165, 1.54) is 22.4 Å². The molecule has 2 aromatic rings. The Morgan fingerprint density at radius 2 is 1.60 bits per heavy atom. The quantitative estimate of drug-likeness (QED) is 0.863. The van der Waals surface area contributed by atoms with Gasteiger partial charge in [-0.05, 0) is 51.5 Å². The van der Waals surface area contributed by atoms with Crippen LogP contribution in [0.15, 0.2) is 42.5 Å². The molecule has 0 spiro atoms. The molecule has 0 saturated carbocycles. The van der Waals surface area contributed by atoms with Crippen LogP contribution in [-0.2, 0) is 0 Å². The highest BCUT2D eigenvalue weighted by atomic mass is 16.5. The maximum absolute atomic E-state index is 5.89. The summed E-state index contributed by atoms with van der Waals surface area (Å²) in [5.74, 6) is 0.922. The molecule has 0 fully saturated rings. The van der Waals surface area contributed by atoms with Crippen LogP contribution in [0.2, 0.25) is 0 Å². The molecule has 2 nitrogen and oxygen atoms in total. The van der Waals surface area contributed by atoms with E-state index in [1.54, 1.807) is 0 Å². The van der Waals surface area contributed by atoms with Crippen LogP contribution in [0.25, 0.3) is 0 Å². The molecule has 106 valence electrons. The highest BCUT2D eigenvalue weighted by Gasteiger charge is 2.05. The van der Waals surface area contributed by atoms with Gasteiger partial charge < -0.3 is 10.1 Å². The minimum absolute atomic E-state index is 0.124. The number of rotatable bonds is 5. The highest BCUT2D eigenvalue weighted by molar-refractivity contribution is 5.51. The van der Waals surface area contributed by atoms with E-state index in [2.05, 4.69) is 63.3 Å². The Balaban J connectivity index is 1.88. The van der Waals surface area contributed by atoms with Gasteiger partial charge in [-0.25, -0.2) is 0 Å². The first-order valence-corrected chi connectivity index (χ1v) is 7.09. The Hall–Kier alpha value is -1.96. The van der Waals surface area contributed by atoms with E-state index in [4.69, 9.17) is 4.74 Å². The fraction of sp³-hybridized carbons (Fsp3) is 0.333. The molecule has 1 N–H and O–H groups in total. The fourth-order valence-corrected chi connectivity index (χ4v) is 2.16. The van der Waals surface area contributed by atoms with E-state index in [0.29, 0.717) is 0 Å². The van der Waals surface area contributed by atoms with Gasteiger partial charge in [0.15, 0.2) is 0 Å². The van der Waals surface area contributed by atoms with Crippen LogP contribution in [0.3, 0.4) is 0 Å². The first-order chi connectivity index (χ1) is 9.54. The van der Waals surface area contributed by atoms with Crippen molar-refractivity contribution < 1.29 is 4.74 Å². The zero-order valence-corrected chi connectivity index (χ0v) is 12.7. The van der Waals surface area contributed by atoms with Crippen molar-refractivity contribution in [3.63, 3.8) is 0 Å². The highest BCUT2D eigenvalue weighted by Crippen LogP contribution is 2.17. The van der Waals surface area contributed by atoms with Crippen LogP contribution >= 0.6 is 0 Å². The number of hydrogen-bond acceptors (Lipinski definition) is 2. The average molecular weight is 269 g/mol. The zero-order chi connectivity index (χ0) is 14.5. The molecule has 1 atom stereocenters. The van der Waals surface area contributed by atoms with E-state index in [9.17, 15) is 0 Å². The molecule has 0 saturated heterocycles. The number of nitrogens with one attached hydrogen (secondary N) is 1. The predicted molar refractivity (Wildman–Crippen MR) is 85.7 cm³/mol. The fourth-order valence-electron chi connectivity index (χ4n) is 2.16. The SMILES string of the molecule is Cc1ccc(OC(C)CNc2ccc(C)cc2C)cc1. The smallest absolute Gasteiger partial charge is 0.119 e. The summed E-state index contributed by atoms with van der Waals surface area (Å²) in [6, 6.07) is 14.6. The predicted octanol–water partition coefficient (Wildman–Crippen LogP) is 4.49. The van der Waals surface area contributed by atoms with Crippen LogP contribution in [0.5, 0.6) is 5.75 Å². The minimum Gasteiger partial charge on any atom is -0.489 e. The molecule has 0 aliphatic rings. The second-order valence-electron chi connectivity index (χ2n) is 5.44. The second-order valence-corrected chi connectivity index (χ2v) is 5.44. The minimum atomic E-state index is 0.124. The lowest BCUT2D eigenvalue weighted by atomic mass is 10.1. The summed E-state index contributed by atoms with van der Waals surface area (Å²) in [4.78, 5) is 0. The normalized spacial score (nSPS) is 12.0. The Morgan fingerprint density at radius 1 is 0.950 bits per heavy atom. The Kier molecular flexibility index (Phi) is 4.67. The first-order valence-electron chi connectivity index (χ1n) is 7.09. The molecule has 2 heteroatoms. The maximum Gasteiger partial charge on any atom is 0.119 e. The lowest BCUT2D eigenvalue weighted by molar-refractivity contribution is 0.234. The van der Waals surface area contributed by atoms with Crippen molar-refractivity contribution in [2.75, 3.05) is 11.9 Å². The summed E-state index contributed by atoms with van der Waals surface area (Å²) in [6.07, 6.45) is 0.124. The molecule has 2 rings (SSSR count). The Bertz CT molecular complexity index is 560. The molecule has 2 aromatic carbocycles. The average Bonchev–Trinajstić information content (AvgIpc) is 2.40. The van der Waals surface area contributed by atoms with Gasteiger partial charge in [0.1, 0.15) is 11.9 Å². The third-order valence-corrected chi connectivity index (χ3v) is 3.32. The molecule has 1 unspecified atom stereocenters. The van der Waals surface area contributed by atoms with Gasteiger partial charge in [-0.3, -0.25) is 0 Å². The number of ether oxygens (including phenoxy) is 1. The Morgan fingerprint density at radius 3 is 2.25 bits per heavy atom. The van der Waals surface area contributed by atoms with Crippen LogP contribution in [-0.4, -0.2) is 12.6 Å². The summed E-state index contributed by atoms with van der Waals surface area (Å²) in [7, 11) is 0. The van der Waals surface area contributed by atoms with Crippen molar-refractivity contribution in [2.24, 2.45) is 0 Å². The van der Waals surface area contributed by atoms with E-state index in [1.807, 2.05) is 12.1 Å². The van der Waals surface area contributed by atoms with Gasteiger partial charge >= 0.3 is 0 Å². The van der Waals surface area contributed by atoms with Crippen molar-refractivity contribution in [1.29, 1.82) is 0 Å². The van der Waals surface area contributed by atoms with Gasteiger partial charge in [0.05, 0.1) is 6.54 Å². The second kappa shape index (κ2) is 6.47. The van der Waals surface area contributed by atoms with Crippen LogP contribution in [0, 0.1) is 20.8 Å². The molecule has 20 heavy (non-hydrogen) atoms. The van der Waals surface area contributed by atoms with Gasteiger partial charge in [0, 0.05) is 5.69 Å². The van der Waals surface area contributed by atoms with Gasteiger partial charge in [0.2, 0.25) is 0 Å². The van der Waals surface area contributed by atoms with Gasteiger partial charge in [0.25, 0.3) is 0 Å². The Labute approximate surface area is 121 Å². The molecule has 0 radical (unpaired) electrons. The summed E-state index contributed by atoms with van der Waals surface area (Å²) in [5.41, 5.74) is 4.98. The topological polar surface area (TPSA) is 21.3 Å². The van der Waals surface area contributed by atoms with Crippen LogP contribution in [0.1, 0.15) is 23.6 Å². The van der Waals surface area contributed by atoms with E-state index < -0.39 is 0 Å². The van der Waals surface area contributed by atoms with E-state index in [-0.39, 0.29) is 6.10 Å². The molecule has 0 aliphatic carbocycles. The number of benzene rings is 2. The van der Waals surface area contributed by atoms with Crippen LogP contribution in [0.4, 0.5) is 5.69 Å². The lowest BCUT2D eigenvalue weighted by Crippen LogP contribution is -2.23. The number of hydrogen-bond donors (Lipinski definition) is 1. The molecule has 0 aromatic heterocycles. The molecule has 0 bridgehead atoms. The summed E-state index contributed by atoms with van der Waals surface area (Å²) < 4.78 is 5.89. The molecule has 0 aliphatic heterocycles. The number of anilines is 1.